The second-order valence-corrected chi connectivity index (χ2v) is 20.7. The fourth-order valence-electron chi connectivity index (χ4n) is 10.8. The molecule has 0 unspecified atom stereocenters. The Kier molecular flexibility index (Phi) is 9.96. The lowest BCUT2D eigenvalue weighted by Gasteiger charge is -2.44. The van der Waals surface area contributed by atoms with E-state index in [-0.39, 0.29) is 0 Å². The smallest absolute Gasteiger partial charge is 0.0540 e. The maximum Gasteiger partial charge on any atom is 0.0540 e. The number of benzene rings is 12. The van der Waals surface area contributed by atoms with Gasteiger partial charge in [-0.15, -0.1) is 10.0 Å². The lowest BCUT2D eigenvalue weighted by atomic mass is 9.91. The molecular weight excluding hydrogens is 853 g/mol. The molecule has 0 atom stereocenters. The predicted molar refractivity (Wildman–Crippen MR) is 293 cm³/mol. The number of para-hydroxylation sites is 2. The Labute approximate surface area is 405 Å². The Morgan fingerprint density at radius 1 is 0.232 bits per heavy atom. The van der Waals surface area contributed by atoms with Gasteiger partial charge < -0.3 is 9.80 Å². The number of hydrogen-bond donors (Lipinski definition) is 0. The molecule has 1 aliphatic rings. The average molecular weight is 899 g/mol. The molecule has 0 radical (unpaired) electrons. The van der Waals surface area contributed by atoms with Crippen LogP contribution in [0.3, 0.4) is 0 Å². The first kappa shape index (κ1) is 40.6. The van der Waals surface area contributed by atoms with E-state index in [4.69, 9.17) is 0 Å². The zero-order valence-corrected chi connectivity index (χ0v) is 38.7. The largest absolute Gasteiger partial charge is 0.310 e. The molecule has 1 heterocycles. The van der Waals surface area contributed by atoms with Crippen LogP contribution in [0, 0.1) is 0 Å². The van der Waals surface area contributed by atoms with Gasteiger partial charge in [0.2, 0.25) is 0 Å². The van der Waals surface area contributed by atoms with Crippen molar-refractivity contribution in [2.45, 2.75) is 19.6 Å². The minimum Gasteiger partial charge on any atom is -0.310 e. The van der Waals surface area contributed by atoms with E-state index in [1.54, 1.807) is 0 Å². The summed E-state index contributed by atoms with van der Waals surface area (Å²) in [6, 6.07) is 104. The number of rotatable bonds is 8. The van der Waals surface area contributed by atoms with Crippen molar-refractivity contribution in [2.75, 3.05) is 9.80 Å². The first-order chi connectivity index (χ1) is 34.2. The summed E-state index contributed by atoms with van der Waals surface area (Å²) in [6.07, 6.45) is 0. The summed E-state index contributed by atoms with van der Waals surface area (Å²) in [6.45, 7) is 0. The van der Waals surface area contributed by atoms with E-state index in [9.17, 15) is 0 Å². The zero-order valence-electron chi connectivity index (χ0n) is 37.9. The van der Waals surface area contributed by atoms with Gasteiger partial charge in [-0.2, -0.15) is 0 Å². The first-order valence-electron chi connectivity index (χ1n) is 23.7. The van der Waals surface area contributed by atoms with Gasteiger partial charge in [-0.25, -0.2) is 0 Å². The molecule has 326 valence electrons. The molecule has 12 aromatic carbocycles. The van der Waals surface area contributed by atoms with Crippen molar-refractivity contribution in [3.8, 4) is 22.3 Å². The lowest BCUT2D eigenvalue weighted by molar-refractivity contribution is 1.22. The third-order valence-electron chi connectivity index (χ3n) is 13.8. The van der Waals surface area contributed by atoms with Crippen LogP contribution in [-0.2, 0) is 0 Å². The van der Waals surface area contributed by atoms with Gasteiger partial charge in [-0.05, 0) is 141 Å². The fourth-order valence-corrected chi connectivity index (χ4v) is 15.0. The average Bonchev–Trinajstić information content (AvgIpc) is 3.52. The van der Waals surface area contributed by atoms with Gasteiger partial charge >= 0.3 is 0 Å². The van der Waals surface area contributed by atoms with Crippen LogP contribution in [0.1, 0.15) is 0 Å². The third-order valence-corrected chi connectivity index (χ3v) is 17.8. The maximum absolute atomic E-state index is 2.54. The van der Waals surface area contributed by atoms with Gasteiger partial charge in [0.1, 0.15) is 0 Å². The molecule has 3 heteroatoms. The molecule has 0 spiro atoms. The van der Waals surface area contributed by atoms with Crippen LogP contribution in [0.15, 0.2) is 299 Å². The summed E-state index contributed by atoms with van der Waals surface area (Å²) in [5, 5.41) is 7.25. The Morgan fingerprint density at radius 2 is 0.580 bits per heavy atom. The molecular formula is C66H46N2S. The van der Waals surface area contributed by atoms with Crippen LogP contribution in [0.2, 0.25) is 0 Å². The number of anilines is 6. The van der Waals surface area contributed by atoms with Crippen LogP contribution >= 0.6 is 10.0 Å². The molecule has 1 aliphatic heterocycles. The highest BCUT2D eigenvalue weighted by molar-refractivity contribution is 8.34. The highest BCUT2D eigenvalue weighted by Crippen LogP contribution is 2.78. The summed E-state index contributed by atoms with van der Waals surface area (Å²) < 4.78 is 0. The summed E-state index contributed by atoms with van der Waals surface area (Å²) in [4.78, 5) is 10.1. The highest BCUT2D eigenvalue weighted by Gasteiger charge is 2.41. The molecule has 12 aromatic rings. The fraction of sp³-hybridized carbons (Fsp3) is 0. The second-order valence-electron chi connectivity index (χ2n) is 17.7. The second kappa shape index (κ2) is 16.9. The number of hydrogen-bond acceptors (Lipinski definition) is 2. The Hall–Kier alpha value is -8.63. The molecule has 0 N–H and O–H groups in total. The molecule has 0 fully saturated rings. The van der Waals surface area contributed by atoms with Crippen molar-refractivity contribution in [1.29, 1.82) is 0 Å². The van der Waals surface area contributed by atoms with Gasteiger partial charge in [-0.3, -0.25) is 0 Å². The van der Waals surface area contributed by atoms with Crippen LogP contribution < -0.4 is 9.80 Å². The quantitative estimate of drug-likeness (QED) is 0.150. The molecule has 13 rings (SSSR count). The molecule has 0 bridgehead atoms. The zero-order chi connectivity index (χ0) is 45.7. The van der Waals surface area contributed by atoms with E-state index in [0.29, 0.717) is 0 Å². The van der Waals surface area contributed by atoms with Crippen LogP contribution in [0.4, 0.5) is 34.1 Å². The minimum absolute atomic E-state index is 1.10. The van der Waals surface area contributed by atoms with Crippen molar-refractivity contribution in [1.82, 2.24) is 0 Å². The molecule has 69 heavy (non-hydrogen) atoms. The topological polar surface area (TPSA) is 6.48 Å². The molecule has 0 aliphatic carbocycles. The van der Waals surface area contributed by atoms with Crippen LogP contribution in [-0.4, -0.2) is 0 Å². The monoisotopic (exact) mass is 898 g/mol. The molecule has 0 aromatic heterocycles. The van der Waals surface area contributed by atoms with Gasteiger partial charge in [0.25, 0.3) is 0 Å². The summed E-state index contributed by atoms with van der Waals surface area (Å²) in [7, 11) is -2.32. The van der Waals surface area contributed by atoms with E-state index in [2.05, 4.69) is 289 Å². The predicted octanol–water partition coefficient (Wildman–Crippen LogP) is 19.1. The molecule has 2 nitrogen and oxygen atoms in total. The van der Waals surface area contributed by atoms with Crippen molar-refractivity contribution < 1.29 is 0 Å². The van der Waals surface area contributed by atoms with E-state index >= 15 is 0 Å². The molecule has 0 saturated carbocycles. The molecule has 0 amide bonds. The van der Waals surface area contributed by atoms with Crippen LogP contribution in [0.5, 0.6) is 0 Å². The van der Waals surface area contributed by atoms with E-state index < -0.39 is 10.0 Å². The Morgan fingerprint density at radius 3 is 1.00 bits per heavy atom. The van der Waals surface area contributed by atoms with Gasteiger partial charge in [0.05, 0.1) is 11.4 Å². The standard InChI is InChI=1S/C66H46N2S/c1-5-27-51(28-6-1)67(63-37-19-25-47-21-15-17-35-57(47)63)53-39-41-59-61-43-49-23-13-14-24-50(49)44-62(61)60-42-40-54(68(52-29-7-2-8-30-52)64-38-20-26-48-22-16-18-36-58(48)64)46-66(60)69(65(59)45-53,55-31-9-3-10-32-55)56-33-11-4-12-34-56/h1-46H. The van der Waals surface area contributed by atoms with Crippen molar-refractivity contribution in [2.24, 2.45) is 0 Å². The van der Waals surface area contributed by atoms with Gasteiger partial charge in [0.15, 0.2) is 0 Å². The maximum atomic E-state index is 2.54. The summed E-state index contributed by atoms with van der Waals surface area (Å²) in [5.74, 6) is 0. The minimum atomic E-state index is -2.32. The SMILES string of the molecule is c1ccc(N(c2ccc3c(c2)S(c2ccccc2)(c2ccccc2)c2cc(N(c4ccccc4)c4cccc5ccccc45)ccc2-c2cc4ccccc4cc2-3)c2cccc3ccccc23)cc1. The normalized spacial score (nSPS) is 12.9. The number of fused-ring (bicyclic) bond motifs is 8. The Bertz CT molecular complexity index is 3590. The van der Waals surface area contributed by atoms with Crippen molar-refractivity contribution >= 4 is 76.5 Å². The first-order valence-corrected chi connectivity index (χ1v) is 25.3. The van der Waals surface area contributed by atoms with E-state index in [1.165, 1.54) is 74.2 Å². The summed E-state index contributed by atoms with van der Waals surface area (Å²) in [5.41, 5.74) is 11.6. The van der Waals surface area contributed by atoms with Crippen molar-refractivity contribution in [3.63, 3.8) is 0 Å². The van der Waals surface area contributed by atoms with Gasteiger partial charge in [-0.1, -0.05) is 182 Å². The van der Waals surface area contributed by atoms with Crippen LogP contribution in [0.25, 0.3) is 54.6 Å². The Balaban J connectivity index is 1.19. The lowest BCUT2D eigenvalue weighted by Crippen LogP contribution is -2.13. The molecule has 0 saturated heterocycles. The highest BCUT2D eigenvalue weighted by atomic mass is 32.3. The number of nitrogens with zero attached hydrogens (tertiary/aromatic N) is 2. The van der Waals surface area contributed by atoms with E-state index in [1.807, 2.05) is 0 Å². The van der Waals surface area contributed by atoms with E-state index in [0.717, 1.165) is 34.1 Å². The third kappa shape index (κ3) is 6.73. The summed E-state index contributed by atoms with van der Waals surface area (Å²) >= 11 is 0. The van der Waals surface area contributed by atoms with Crippen molar-refractivity contribution in [3.05, 3.63) is 279 Å². The van der Waals surface area contributed by atoms with Gasteiger partial charge in [0, 0.05) is 53.1 Å².